The van der Waals surface area contributed by atoms with E-state index in [1.54, 1.807) is 0 Å². The standard InChI is InChI=1S/C26H29N3O2/c1-17-9-11-20(18(2)14-17)24-15-22(21-7-3-4-8-23(21)28-24)26(31)29-13-5-6-19(16-29)10-12-25(27)30/h3-4,7-9,11,14-15,19H,5-6,10,12-13,16H2,1-2H3,(H2,27,30). The van der Waals surface area contributed by atoms with Crippen molar-refractivity contribution in [3.05, 3.63) is 65.2 Å². The fraction of sp³-hybridized carbons (Fsp3) is 0.346. The average molecular weight is 416 g/mol. The van der Waals surface area contributed by atoms with Crippen LogP contribution in [-0.4, -0.2) is 34.8 Å². The molecule has 2 N–H and O–H groups in total. The molecule has 0 bridgehead atoms. The van der Waals surface area contributed by atoms with Gasteiger partial charge in [0.1, 0.15) is 0 Å². The molecule has 1 aromatic heterocycles. The Morgan fingerprint density at radius 2 is 1.94 bits per heavy atom. The zero-order valence-corrected chi connectivity index (χ0v) is 18.2. The van der Waals surface area contributed by atoms with Crippen LogP contribution < -0.4 is 5.73 Å². The number of fused-ring (bicyclic) bond motifs is 1. The number of benzene rings is 2. The molecule has 160 valence electrons. The number of hydrogen-bond donors (Lipinski definition) is 1. The highest BCUT2D eigenvalue weighted by molar-refractivity contribution is 6.07. The van der Waals surface area contributed by atoms with Crippen molar-refractivity contribution in [2.24, 2.45) is 11.7 Å². The molecule has 1 saturated heterocycles. The van der Waals surface area contributed by atoms with Gasteiger partial charge in [-0.2, -0.15) is 0 Å². The van der Waals surface area contributed by atoms with E-state index in [-0.39, 0.29) is 11.8 Å². The van der Waals surface area contributed by atoms with Gasteiger partial charge < -0.3 is 10.6 Å². The van der Waals surface area contributed by atoms with Gasteiger partial charge >= 0.3 is 0 Å². The van der Waals surface area contributed by atoms with Gasteiger partial charge in [0.25, 0.3) is 5.91 Å². The first-order chi connectivity index (χ1) is 14.9. The Hall–Kier alpha value is -3.21. The van der Waals surface area contributed by atoms with Crippen LogP contribution in [0.4, 0.5) is 0 Å². The Bertz CT molecular complexity index is 1140. The summed E-state index contributed by atoms with van der Waals surface area (Å²) >= 11 is 0. The quantitative estimate of drug-likeness (QED) is 0.660. The van der Waals surface area contributed by atoms with Gasteiger partial charge in [0.05, 0.1) is 16.8 Å². The average Bonchev–Trinajstić information content (AvgIpc) is 2.76. The number of aromatic nitrogens is 1. The van der Waals surface area contributed by atoms with E-state index in [9.17, 15) is 9.59 Å². The predicted octanol–water partition coefficient (Wildman–Crippen LogP) is 4.64. The van der Waals surface area contributed by atoms with Crippen LogP contribution in [0.15, 0.2) is 48.5 Å². The molecule has 0 saturated carbocycles. The third-order valence-electron chi connectivity index (χ3n) is 6.21. The van der Waals surface area contributed by atoms with Crippen molar-refractivity contribution >= 4 is 22.7 Å². The van der Waals surface area contributed by atoms with Crippen LogP contribution in [0.3, 0.4) is 0 Å². The molecule has 1 fully saturated rings. The van der Waals surface area contributed by atoms with Gasteiger partial charge in [-0.15, -0.1) is 0 Å². The second kappa shape index (κ2) is 8.88. The predicted molar refractivity (Wildman–Crippen MR) is 124 cm³/mol. The second-order valence-corrected chi connectivity index (χ2v) is 8.65. The van der Waals surface area contributed by atoms with Gasteiger partial charge in [0.15, 0.2) is 0 Å². The van der Waals surface area contributed by atoms with Crippen molar-refractivity contribution in [3.8, 4) is 11.3 Å². The number of likely N-dealkylation sites (tertiary alicyclic amines) is 1. The topological polar surface area (TPSA) is 76.3 Å². The minimum absolute atomic E-state index is 0.0355. The van der Waals surface area contributed by atoms with Crippen molar-refractivity contribution in [2.75, 3.05) is 13.1 Å². The number of piperidine rings is 1. The van der Waals surface area contributed by atoms with Crippen molar-refractivity contribution in [1.82, 2.24) is 9.88 Å². The van der Waals surface area contributed by atoms with E-state index in [0.717, 1.165) is 53.5 Å². The number of rotatable bonds is 5. The summed E-state index contributed by atoms with van der Waals surface area (Å²) in [5.74, 6) is 0.0761. The highest BCUT2D eigenvalue weighted by Crippen LogP contribution is 2.30. The lowest BCUT2D eigenvalue weighted by molar-refractivity contribution is -0.118. The van der Waals surface area contributed by atoms with Crippen molar-refractivity contribution in [2.45, 2.75) is 39.5 Å². The normalized spacial score (nSPS) is 16.5. The van der Waals surface area contributed by atoms with Gasteiger partial charge in [0.2, 0.25) is 5.91 Å². The molecule has 3 aromatic rings. The number of carbonyl (C=O) groups excluding carboxylic acids is 2. The van der Waals surface area contributed by atoms with Crippen LogP contribution in [0.1, 0.15) is 47.2 Å². The SMILES string of the molecule is Cc1ccc(-c2cc(C(=O)N3CCCC(CCC(N)=O)C3)c3ccccc3n2)c(C)c1. The van der Waals surface area contributed by atoms with E-state index < -0.39 is 0 Å². The summed E-state index contributed by atoms with van der Waals surface area (Å²) in [4.78, 5) is 31.6. The molecule has 0 aliphatic carbocycles. The maximum atomic E-state index is 13.6. The number of amides is 2. The van der Waals surface area contributed by atoms with Crippen LogP contribution in [0, 0.1) is 19.8 Å². The monoisotopic (exact) mass is 415 g/mol. The highest BCUT2D eigenvalue weighted by atomic mass is 16.2. The lowest BCUT2D eigenvalue weighted by atomic mass is 9.92. The van der Waals surface area contributed by atoms with Crippen molar-refractivity contribution in [3.63, 3.8) is 0 Å². The summed E-state index contributed by atoms with van der Waals surface area (Å²) in [5, 5.41) is 0.875. The van der Waals surface area contributed by atoms with Crippen molar-refractivity contribution in [1.29, 1.82) is 0 Å². The summed E-state index contributed by atoms with van der Waals surface area (Å²) in [6, 6.07) is 16.1. The molecule has 2 amide bonds. The molecule has 31 heavy (non-hydrogen) atoms. The van der Waals surface area contributed by atoms with Crippen LogP contribution in [0.5, 0.6) is 0 Å². The van der Waals surface area contributed by atoms with Gasteiger partial charge in [-0.25, -0.2) is 4.98 Å². The molecular weight excluding hydrogens is 386 g/mol. The number of aryl methyl sites for hydroxylation is 2. The van der Waals surface area contributed by atoms with E-state index >= 15 is 0 Å². The number of nitrogens with two attached hydrogens (primary N) is 1. The first kappa shape index (κ1) is 21.0. The number of para-hydroxylation sites is 1. The number of nitrogens with zero attached hydrogens (tertiary/aromatic N) is 2. The highest BCUT2D eigenvalue weighted by Gasteiger charge is 2.26. The number of carbonyl (C=O) groups is 2. The minimum Gasteiger partial charge on any atom is -0.370 e. The summed E-state index contributed by atoms with van der Waals surface area (Å²) in [7, 11) is 0. The van der Waals surface area contributed by atoms with Gasteiger partial charge in [-0.05, 0) is 56.7 Å². The first-order valence-electron chi connectivity index (χ1n) is 11.0. The molecule has 4 rings (SSSR count). The fourth-order valence-electron chi connectivity index (χ4n) is 4.59. The van der Waals surface area contributed by atoms with Crippen LogP contribution in [0.25, 0.3) is 22.2 Å². The largest absolute Gasteiger partial charge is 0.370 e. The molecular formula is C26H29N3O2. The zero-order chi connectivity index (χ0) is 22.0. The molecule has 2 heterocycles. The van der Waals surface area contributed by atoms with Gasteiger partial charge in [-0.1, -0.05) is 42.0 Å². The molecule has 0 spiro atoms. The van der Waals surface area contributed by atoms with Gasteiger partial charge in [-0.3, -0.25) is 9.59 Å². The third kappa shape index (κ3) is 4.61. The van der Waals surface area contributed by atoms with Crippen LogP contribution in [-0.2, 0) is 4.79 Å². The molecule has 5 heteroatoms. The maximum Gasteiger partial charge on any atom is 0.254 e. The minimum atomic E-state index is -0.276. The summed E-state index contributed by atoms with van der Waals surface area (Å²) in [5.41, 5.74) is 11.1. The molecule has 1 aliphatic rings. The van der Waals surface area contributed by atoms with E-state index in [2.05, 4.69) is 32.0 Å². The van der Waals surface area contributed by atoms with E-state index in [1.807, 2.05) is 35.2 Å². The summed E-state index contributed by atoms with van der Waals surface area (Å²) in [6.07, 6.45) is 3.09. The number of primary amides is 1. The Morgan fingerprint density at radius 3 is 2.71 bits per heavy atom. The molecule has 2 aromatic carbocycles. The third-order valence-corrected chi connectivity index (χ3v) is 6.21. The smallest absolute Gasteiger partial charge is 0.254 e. The van der Waals surface area contributed by atoms with Crippen LogP contribution in [0.2, 0.25) is 0 Å². The fourth-order valence-corrected chi connectivity index (χ4v) is 4.59. The molecule has 0 radical (unpaired) electrons. The first-order valence-corrected chi connectivity index (χ1v) is 11.0. The van der Waals surface area contributed by atoms with Gasteiger partial charge in [0, 0.05) is 30.5 Å². The Balaban J connectivity index is 1.70. The lowest BCUT2D eigenvalue weighted by Crippen LogP contribution is -2.40. The maximum absolute atomic E-state index is 13.6. The number of pyridine rings is 1. The molecule has 1 unspecified atom stereocenters. The Kier molecular flexibility index (Phi) is 6.03. The van der Waals surface area contributed by atoms with Crippen LogP contribution >= 0.6 is 0 Å². The molecule has 1 atom stereocenters. The summed E-state index contributed by atoms with van der Waals surface area (Å²) in [6.45, 7) is 5.56. The van der Waals surface area contributed by atoms with E-state index in [4.69, 9.17) is 10.7 Å². The zero-order valence-electron chi connectivity index (χ0n) is 18.2. The van der Waals surface area contributed by atoms with E-state index in [1.165, 1.54) is 5.56 Å². The Morgan fingerprint density at radius 1 is 1.13 bits per heavy atom. The molecule has 1 aliphatic heterocycles. The number of hydrogen-bond acceptors (Lipinski definition) is 3. The second-order valence-electron chi connectivity index (χ2n) is 8.65. The summed E-state index contributed by atoms with van der Waals surface area (Å²) < 4.78 is 0. The van der Waals surface area contributed by atoms with E-state index in [0.29, 0.717) is 24.4 Å². The Labute approximate surface area is 183 Å². The molecule has 5 nitrogen and oxygen atoms in total. The lowest BCUT2D eigenvalue weighted by Gasteiger charge is -2.33. The van der Waals surface area contributed by atoms with Crippen molar-refractivity contribution < 1.29 is 9.59 Å².